The SMILES string of the molecule is O=C(CC1C=CCC1)Nc1ccc(Cl)cc1C(=O)O. The van der Waals surface area contributed by atoms with Crippen LogP contribution in [0.2, 0.25) is 5.02 Å². The number of benzene rings is 1. The Hall–Kier alpha value is -1.81. The number of nitrogens with one attached hydrogen (secondary N) is 1. The zero-order valence-corrected chi connectivity index (χ0v) is 11.0. The molecule has 0 aromatic heterocycles. The molecule has 0 aliphatic heterocycles. The Morgan fingerprint density at radius 3 is 2.84 bits per heavy atom. The molecule has 5 heteroatoms. The number of halogens is 1. The standard InChI is InChI=1S/C14H14ClNO3/c15-10-5-6-12(11(8-10)14(18)19)16-13(17)7-9-3-1-2-4-9/h1,3,5-6,8-9H,2,4,7H2,(H,16,17)(H,18,19). The van der Waals surface area contributed by atoms with E-state index in [0.717, 1.165) is 12.8 Å². The molecule has 19 heavy (non-hydrogen) atoms. The second kappa shape index (κ2) is 5.89. The molecule has 0 spiro atoms. The predicted molar refractivity (Wildman–Crippen MR) is 73.5 cm³/mol. The van der Waals surface area contributed by atoms with Crippen molar-refractivity contribution in [1.82, 2.24) is 0 Å². The van der Waals surface area contributed by atoms with Crippen LogP contribution in [0.1, 0.15) is 29.6 Å². The molecule has 1 aliphatic rings. The van der Waals surface area contributed by atoms with E-state index in [4.69, 9.17) is 16.7 Å². The van der Waals surface area contributed by atoms with Gasteiger partial charge in [0.25, 0.3) is 0 Å². The molecule has 1 aliphatic carbocycles. The van der Waals surface area contributed by atoms with Crippen LogP contribution in [0, 0.1) is 5.92 Å². The van der Waals surface area contributed by atoms with Crippen molar-refractivity contribution < 1.29 is 14.7 Å². The van der Waals surface area contributed by atoms with E-state index in [2.05, 4.69) is 11.4 Å². The number of allylic oxidation sites excluding steroid dienone is 2. The van der Waals surface area contributed by atoms with Crippen LogP contribution in [-0.2, 0) is 4.79 Å². The van der Waals surface area contributed by atoms with Gasteiger partial charge in [-0.2, -0.15) is 0 Å². The number of rotatable bonds is 4. The highest BCUT2D eigenvalue weighted by Gasteiger charge is 2.17. The molecule has 0 radical (unpaired) electrons. The van der Waals surface area contributed by atoms with Gasteiger partial charge >= 0.3 is 5.97 Å². The van der Waals surface area contributed by atoms with Crippen LogP contribution in [0.3, 0.4) is 0 Å². The smallest absolute Gasteiger partial charge is 0.337 e. The van der Waals surface area contributed by atoms with Gasteiger partial charge in [0, 0.05) is 11.4 Å². The van der Waals surface area contributed by atoms with E-state index in [-0.39, 0.29) is 23.1 Å². The van der Waals surface area contributed by atoms with Crippen molar-refractivity contribution in [3.05, 3.63) is 40.9 Å². The molecule has 0 heterocycles. The number of carboxylic acids is 1. The van der Waals surface area contributed by atoms with Gasteiger partial charge < -0.3 is 10.4 Å². The molecule has 2 rings (SSSR count). The summed E-state index contributed by atoms with van der Waals surface area (Å²) in [6, 6.07) is 4.39. The molecule has 100 valence electrons. The highest BCUT2D eigenvalue weighted by molar-refractivity contribution is 6.31. The summed E-state index contributed by atoms with van der Waals surface area (Å²) in [4.78, 5) is 22.9. The molecular weight excluding hydrogens is 266 g/mol. The minimum absolute atomic E-state index is 0.00261. The first kappa shape index (κ1) is 13.6. The Bertz CT molecular complexity index is 539. The van der Waals surface area contributed by atoms with E-state index >= 15 is 0 Å². The van der Waals surface area contributed by atoms with Crippen molar-refractivity contribution in [1.29, 1.82) is 0 Å². The summed E-state index contributed by atoms with van der Waals surface area (Å²) in [5.41, 5.74) is 0.284. The second-order valence-electron chi connectivity index (χ2n) is 4.51. The number of hydrogen-bond acceptors (Lipinski definition) is 2. The summed E-state index contributed by atoms with van der Waals surface area (Å²) in [6.45, 7) is 0. The number of amides is 1. The second-order valence-corrected chi connectivity index (χ2v) is 4.95. The van der Waals surface area contributed by atoms with Gasteiger partial charge in [0.2, 0.25) is 5.91 Å². The van der Waals surface area contributed by atoms with Gasteiger partial charge in [0.15, 0.2) is 0 Å². The summed E-state index contributed by atoms with van der Waals surface area (Å²) in [5, 5.41) is 12.0. The Labute approximate surface area is 116 Å². The first-order valence-electron chi connectivity index (χ1n) is 6.05. The van der Waals surface area contributed by atoms with Crippen molar-refractivity contribution in [2.24, 2.45) is 5.92 Å². The Morgan fingerprint density at radius 2 is 2.21 bits per heavy atom. The van der Waals surface area contributed by atoms with Gasteiger partial charge in [-0.05, 0) is 37.0 Å². The molecule has 2 N–H and O–H groups in total. The lowest BCUT2D eigenvalue weighted by atomic mass is 10.0. The molecule has 0 bridgehead atoms. The zero-order valence-electron chi connectivity index (χ0n) is 10.2. The highest BCUT2D eigenvalue weighted by Crippen LogP contribution is 2.23. The Balaban J connectivity index is 2.07. The van der Waals surface area contributed by atoms with Crippen LogP contribution < -0.4 is 5.32 Å². The maximum Gasteiger partial charge on any atom is 0.337 e. The molecule has 4 nitrogen and oxygen atoms in total. The van der Waals surface area contributed by atoms with Gasteiger partial charge in [0.1, 0.15) is 0 Å². The number of hydrogen-bond donors (Lipinski definition) is 2. The summed E-state index contributed by atoms with van der Waals surface area (Å²) < 4.78 is 0. The van der Waals surface area contributed by atoms with Crippen LogP contribution in [0.4, 0.5) is 5.69 Å². The number of carboxylic acid groups (broad SMARTS) is 1. The normalized spacial score (nSPS) is 17.4. The number of anilines is 1. The summed E-state index contributed by atoms with van der Waals surface area (Å²) >= 11 is 5.75. The zero-order chi connectivity index (χ0) is 13.8. The van der Waals surface area contributed by atoms with Gasteiger partial charge in [-0.1, -0.05) is 23.8 Å². The fraction of sp³-hybridized carbons (Fsp3) is 0.286. The predicted octanol–water partition coefficient (Wildman–Crippen LogP) is 3.33. The van der Waals surface area contributed by atoms with E-state index in [0.29, 0.717) is 11.4 Å². The maximum absolute atomic E-state index is 11.9. The first-order chi connectivity index (χ1) is 9.06. The van der Waals surface area contributed by atoms with E-state index in [1.807, 2.05) is 6.08 Å². The number of carbonyl (C=O) groups excluding carboxylic acids is 1. The van der Waals surface area contributed by atoms with Gasteiger partial charge in [-0.15, -0.1) is 0 Å². The molecule has 0 saturated carbocycles. The van der Waals surface area contributed by atoms with Crippen LogP contribution >= 0.6 is 11.6 Å². The topological polar surface area (TPSA) is 66.4 Å². The third-order valence-electron chi connectivity index (χ3n) is 3.05. The van der Waals surface area contributed by atoms with E-state index in [1.165, 1.54) is 12.1 Å². The van der Waals surface area contributed by atoms with E-state index in [9.17, 15) is 9.59 Å². The van der Waals surface area contributed by atoms with Gasteiger partial charge in [-0.3, -0.25) is 4.79 Å². The van der Waals surface area contributed by atoms with Crippen LogP contribution in [0.5, 0.6) is 0 Å². The average Bonchev–Trinajstić information content (AvgIpc) is 2.83. The first-order valence-corrected chi connectivity index (χ1v) is 6.43. The minimum Gasteiger partial charge on any atom is -0.478 e. The third kappa shape index (κ3) is 3.58. The fourth-order valence-electron chi connectivity index (χ4n) is 2.11. The van der Waals surface area contributed by atoms with Crippen LogP contribution in [0.25, 0.3) is 0 Å². The van der Waals surface area contributed by atoms with Gasteiger partial charge in [0.05, 0.1) is 11.3 Å². The molecule has 1 atom stereocenters. The van der Waals surface area contributed by atoms with E-state index < -0.39 is 5.97 Å². The lowest BCUT2D eigenvalue weighted by Crippen LogP contribution is -2.17. The van der Waals surface area contributed by atoms with Crippen LogP contribution in [-0.4, -0.2) is 17.0 Å². The molecule has 1 aromatic rings. The molecule has 0 fully saturated rings. The van der Waals surface area contributed by atoms with Gasteiger partial charge in [-0.25, -0.2) is 4.79 Å². The highest BCUT2D eigenvalue weighted by atomic mass is 35.5. The fourth-order valence-corrected chi connectivity index (χ4v) is 2.28. The minimum atomic E-state index is -1.11. The largest absolute Gasteiger partial charge is 0.478 e. The lowest BCUT2D eigenvalue weighted by Gasteiger charge is -2.11. The van der Waals surface area contributed by atoms with Crippen molar-refractivity contribution in [3.8, 4) is 0 Å². The van der Waals surface area contributed by atoms with Crippen molar-refractivity contribution in [2.75, 3.05) is 5.32 Å². The number of carbonyl (C=O) groups is 2. The Morgan fingerprint density at radius 1 is 1.42 bits per heavy atom. The quantitative estimate of drug-likeness (QED) is 0.831. The van der Waals surface area contributed by atoms with Crippen molar-refractivity contribution in [3.63, 3.8) is 0 Å². The Kier molecular flexibility index (Phi) is 4.22. The maximum atomic E-state index is 11.9. The molecule has 0 saturated heterocycles. The monoisotopic (exact) mass is 279 g/mol. The molecule has 1 amide bonds. The average molecular weight is 280 g/mol. The molecule has 1 aromatic carbocycles. The summed E-state index contributed by atoms with van der Waals surface area (Å²) in [5.74, 6) is -1.04. The van der Waals surface area contributed by atoms with E-state index in [1.54, 1.807) is 6.07 Å². The molecule has 1 unspecified atom stereocenters. The lowest BCUT2D eigenvalue weighted by molar-refractivity contribution is -0.116. The van der Waals surface area contributed by atoms with Crippen molar-refractivity contribution >= 4 is 29.2 Å². The summed E-state index contributed by atoms with van der Waals surface area (Å²) in [7, 11) is 0. The van der Waals surface area contributed by atoms with Crippen LogP contribution in [0.15, 0.2) is 30.4 Å². The summed E-state index contributed by atoms with van der Waals surface area (Å²) in [6.07, 6.45) is 6.43. The van der Waals surface area contributed by atoms with Crippen molar-refractivity contribution in [2.45, 2.75) is 19.3 Å². The third-order valence-corrected chi connectivity index (χ3v) is 3.28. The molecular formula is C14H14ClNO3. The number of aromatic carboxylic acids is 1.